The second kappa shape index (κ2) is 10.9. The van der Waals surface area contributed by atoms with Crippen LogP contribution >= 0.6 is 0 Å². The first kappa shape index (κ1) is 21.2. The van der Waals surface area contributed by atoms with Gasteiger partial charge in [0, 0.05) is 5.56 Å². The molecule has 0 fully saturated rings. The number of benzene rings is 2. The molecular formula is C22H26N2O4. The van der Waals surface area contributed by atoms with E-state index in [-0.39, 0.29) is 12.3 Å². The van der Waals surface area contributed by atoms with Gasteiger partial charge in [0.2, 0.25) is 5.91 Å². The molecule has 2 aromatic carbocycles. The molecule has 28 heavy (non-hydrogen) atoms. The number of hydrogen-bond donors (Lipinski definition) is 3. The Morgan fingerprint density at radius 3 is 2.11 bits per heavy atom. The fourth-order valence-electron chi connectivity index (χ4n) is 2.87. The van der Waals surface area contributed by atoms with Crippen molar-refractivity contribution in [1.82, 2.24) is 10.6 Å². The highest BCUT2D eigenvalue weighted by Gasteiger charge is 2.23. The number of hydrogen-bond acceptors (Lipinski definition) is 3. The van der Waals surface area contributed by atoms with Crippen LogP contribution in [0.4, 0.5) is 0 Å². The summed E-state index contributed by atoms with van der Waals surface area (Å²) in [7, 11) is 0. The molecule has 0 radical (unpaired) electrons. The summed E-state index contributed by atoms with van der Waals surface area (Å²) in [5.74, 6) is -1.75. The number of carboxylic acid groups (broad SMARTS) is 1. The van der Waals surface area contributed by atoms with Gasteiger partial charge in [-0.25, -0.2) is 4.79 Å². The summed E-state index contributed by atoms with van der Waals surface area (Å²) in [5, 5.41) is 14.8. The van der Waals surface area contributed by atoms with E-state index in [0.717, 1.165) is 12.0 Å². The van der Waals surface area contributed by atoms with Crippen molar-refractivity contribution in [3.63, 3.8) is 0 Å². The van der Waals surface area contributed by atoms with Crippen LogP contribution in [0.25, 0.3) is 0 Å². The maximum atomic E-state index is 12.5. The molecule has 0 aliphatic rings. The summed E-state index contributed by atoms with van der Waals surface area (Å²) in [5.41, 5.74) is 1.28. The van der Waals surface area contributed by atoms with Crippen LogP contribution in [-0.2, 0) is 9.59 Å². The average Bonchev–Trinajstić information content (AvgIpc) is 2.71. The molecule has 3 N–H and O–H groups in total. The highest BCUT2D eigenvalue weighted by molar-refractivity contribution is 5.94. The first-order valence-corrected chi connectivity index (χ1v) is 9.44. The van der Waals surface area contributed by atoms with Gasteiger partial charge in [-0.15, -0.1) is 0 Å². The van der Waals surface area contributed by atoms with Crippen LogP contribution in [0.1, 0.15) is 54.6 Å². The van der Waals surface area contributed by atoms with Crippen molar-refractivity contribution in [3.05, 3.63) is 71.8 Å². The minimum Gasteiger partial charge on any atom is -0.480 e. The second-order valence-electron chi connectivity index (χ2n) is 6.61. The van der Waals surface area contributed by atoms with E-state index in [1.54, 1.807) is 24.3 Å². The van der Waals surface area contributed by atoms with Crippen LogP contribution in [0.5, 0.6) is 0 Å². The number of carboxylic acids is 1. The van der Waals surface area contributed by atoms with Gasteiger partial charge >= 0.3 is 5.97 Å². The maximum absolute atomic E-state index is 12.5. The molecule has 0 aliphatic carbocycles. The monoisotopic (exact) mass is 382 g/mol. The number of amides is 2. The molecular weight excluding hydrogens is 356 g/mol. The van der Waals surface area contributed by atoms with Crippen molar-refractivity contribution in [2.75, 3.05) is 0 Å². The molecule has 2 amide bonds. The Labute approximate surface area is 165 Å². The van der Waals surface area contributed by atoms with Gasteiger partial charge < -0.3 is 15.7 Å². The predicted octanol–water partition coefficient (Wildman–Crippen LogP) is 3.31. The van der Waals surface area contributed by atoms with Crippen LogP contribution in [0.3, 0.4) is 0 Å². The van der Waals surface area contributed by atoms with E-state index in [1.807, 2.05) is 43.3 Å². The lowest BCUT2D eigenvalue weighted by atomic mass is 10.0. The average molecular weight is 382 g/mol. The third-order valence-corrected chi connectivity index (χ3v) is 4.41. The van der Waals surface area contributed by atoms with Gasteiger partial charge in [0.25, 0.3) is 5.91 Å². The van der Waals surface area contributed by atoms with E-state index in [9.17, 15) is 19.5 Å². The van der Waals surface area contributed by atoms with E-state index < -0.39 is 24.0 Å². The zero-order valence-electron chi connectivity index (χ0n) is 15.9. The summed E-state index contributed by atoms with van der Waals surface area (Å²) >= 11 is 0. The fraction of sp³-hybridized carbons (Fsp3) is 0.318. The minimum atomic E-state index is -1.05. The Bertz CT molecular complexity index is 778. The van der Waals surface area contributed by atoms with Gasteiger partial charge in [0.1, 0.15) is 6.04 Å². The van der Waals surface area contributed by atoms with Crippen LogP contribution in [-0.4, -0.2) is 28.9 Å². The Morgan fingerprint density at radius 1 is 0.929 bits per heavy atom. The summed E-state index contributed by atoms with van der Waals surface area (Å²) in [6.07, 6.45) is 1.89. The number of unbranched alkanes of at least 4 members (excludes halogenated alkanes) is 1. The highest BCUT2D eigenvalue weighted by atomic mass is 16.4. The smallest absolute Gasteiger partial charge is 0.326 e. The third kappa shape index (κ3) is 6.54. The normalized spacial score (nSPS) is 12.6. The van der Waals surface area contributed by atoms with E-state index in [4.69, 9.17) is 0 Å². The van der Waals surface area contributed by atoms with Crippen molar-refractivity contribution in [3.8, 4) is 0 Å². The number of nitrogens with one attached hydrogen (secondary N) is 2. The van der Waals surface area contributed by atoms with E-state index >= 15 is 0 Å². The first-order chi connectivity index (χ1) is 13.5. The van der Waals surface area contributed by atoms with Gasteiger partial charge in [-0.3, -0.25) is 9.59 Å². The zero-order valence-corrected chi connectivity index (χ0v) is 15.9. The third-order valence-electron chi connectivity index (χ3n) is 4.41. The predicted molar refractivity (Wildman–Crippen MR) is 107 cm³/mol. The number of carbonyl (C=O) groups excluding carboxylic acids is 2. The van der Waals surface area contributed by atoms with Crippen LogP contribution in [0.2, 0.25) is 0 Å². The van der Waals surface area contributed by atoms with Gasteiger partial charge in [-0.2, -0.15) is 0 Å². The summed E-state index contributed by atoms with van der Waals surface area (Å²) < 4.78 is 0. The molecule has 2 aromatic rings. The fourth-order valence-corrected chi connectivity index (χ4v) is 2.87. The molecule has 6 nitrogen and oxygen atoms in total. The van der Waals surface area contributed by atoms with E-state index in [1.165, 1.54) is 0 Å². The second-order valence-corrected chi connectivity index (χ2v) is 6.61. The molecule has 6 heteroatoms. The number of rotatable bonds is 10. The summed E-state index contributed by atoms with van der Waals surface area (Å²) in [6, 6.07) is 16.4. The number of aliphatic carboxylic acids is 1. The molecule has 0 bridgehead atoms. The van der Waals surface area contributed by atoms with Crippen molar-refractivity contribution in [2.24, 2.45) is 0 Å². The lowest BCUT2D eigenvalue weighted by molar-refractivity contribution is -0.142. The molecule has 0 saturated carbocycles. The van der Waals surface area contributed by atoms with Crippen molar-refractivity contribution < 1.29 is 19.5 Å². The molecule has 2 unspecified atom stereocenters. The quantitative estimate of drug-likeness (QED) is 0.587. The topological polar surface area (TPSA) is 95.5 Å². The van der Waals surface area contributed by atoms with Gasteiger partial charge in [0.15, 0.2) is 0 Å². The Balaban J connectivity index is 2.10. The Kier molecular flexibility index (Phi) is 8.21. The SMILES string of the molecule is CCCCC(NC(=O)CC(NC(=O)c1ccccc1)c1ccccc1)C(=O)O. The zero-order chi connectivity index (χ0) is 20.4. The molecule has 0 aromatic heterocycles. The standard InChI is InChI=1S/C22H26N2O4/c1-2-3-14-18(22(27)28)23-20(25)15-19(16-10-6-4-7-11-16)24-21(26)17-12-8-5-9-13-17/h4-13,18-19H,2-3,14-15H2,1H3,(H,23,25)(H,24,26)(H,27,28). The van der Waals surface area contributed by atoms with Crippen molar-refractivity contribution >= 4 is 17.8 Å². The lowest BCUT2D eigenvalue weighted by Gasteiger charge is -2.21. The summed E-state index contributed by atoms with van der Waals surface area (Å²) in [4.78, 5) is 36.4. The van der Waals surface area contributed by atoms with Crippen LogP contribution in [0.15, 0.2) is 60.7 Å². The van der Waals surface area contributed by atoms with E-state index in [0.29, 0.717) is 18.4 Å². The van der Waals surface area contributed by atoms with Crippen LogP contribution in [0, 0.1) is 0 Å². The molecule has 0 heterocycles. The molecule has 2 rings (SSSR count). The number of carbonyl (C=O) groups is 3. The van der Waals surface area contributed by atoms with E-state index in [2.05, 4.69) is 10.6 Å². The molecule has 0 spiro atoms. The molecule has 0 aliphatic heterocycles. The molecule has 0 saturated heterocycles. The van der Waals surface area contributed by atoms with Crippen molar-refractivity contribution in [1.29, 1.82) is 0 Å². The molecule has 2 atom stereocenters. The van der Waals surface area contributed by atoms with Crippen molar-refractivity contribution in [2.45, 2.75) is 44.7 Å². The Morgan fingerprint density at radius 2 is 1.54 bits per heavy atom. The Hall–Kier alpha value is -3.15. The molecule has 148 valence electrons. The van der Waals surface area contributed by atoms with Gasteiger partial charge in [-0.05, 0) is 24.1 Å². The largest absolute Gasteiger partial charge is 0.480 e. The maximum Gasteiger partial charge on any atom is 0.326 e. The highest BCUT2D eigenvalue weighted by Crippen LogP contribution is 2.18. The van der Waals surface area contributed by atoms with Gasteiger partial charge in [0.05, 0.1) is 12.5 Å². The van der Waals surface area contributed by atoms with Crippen LogP contribution < -0.4 is 10.6 Å². The minimum absolute atomic E-state index is 0.0432. The van der Waals surface area contributed by atoms with Gasteiger partial charge in [-0.1, -0.05) is 68.3 Å². The summed E-state index contributed by atoms with van der Waals surface area (Å²) in [6.45, 7) is 1.96. The lowest BCUT2D eigenvalue weighted by Crippen LogP contribution is -2.42. The first-order valence-electron chi connectivity index (χ1n) is 9.44.